The number of hydrogen-bond donors (Lipinski definition) is 0. The van der Waals surface area contributed by atoms with Gasteiger partial charge in [0.05, 0.1) is 11.3 Å². The van der Waals surface area contributed by atoms with E-state index in [2.05, 4.69) is 11.1 Å². The number of carbonyl (C=O) groups is 1. The van der Waals surface area contributed by atoms with Crippen molar-refractivity contribution >= 4 is 16.9 Å². The van der Waals surface area contributed by atoms with Crippen LogP contribution in [0.5, 0.6) is 0 Å². The minimum absolute atomic E-state index is 0.121. The van der Waals surface area contributed by atoms with Crippen LogP contribution in [-0.4, -0.2) is 10.1 Å². The van der Waals surface area contributed by atoms with Crippen molar-refractivity contribution in [3.63, 3.8) is 0 Å². The van der Waals surface area contributed by atoms with Crippen LogP contribution < -0.4 is 0 Å². The van der Waals surface area contributed by atoms with Crippen molar-refractivity contribution in [2.24, 2.45) is 0 Å². The standard InChI is InChI=1S/C20H14N2OS/c1-14-7-9-16(10-8-14)20(23)24-19-17(13-21)11-12-18(22-19)15-5-3-2-4-6-15/h2-12H,1H3. The summed E-state index contributed by atoms with van der Waals surface area (Å²) >= 11 is 0.990. The molecule has 24 heavy (non-hydrogen) atoms. The van der Waals surface area contributed by atoms with Crippen LogP contribution >= 0.6 is 11.8 Å². The summed E-state index contributed by atoms with van der Waals surface area (Å²) in [5.74, 6) is 0. The minimum atomic E-state index is -0.121. The summed E-state index contributed by atoms with van der Waals surface area (Å²) in [5.41, 5.74) is 3.79. The molecule has 0 unspecified atom stereocenters. The Morgan fingerprint density at radius 2 is 1.71 bits per heavy atom. The van der Waals surface area contributed by atoms with Crippen molar-refractivity contribution in [2.45, 2.75) is 11.9 Å². The molecular weight excluding hydrogens is 316 g/mol. The second-order valence-electron chi connectivity index (χ2n) is 5.28. The molecule has 3 aromatic rings. The Bertz CT molecular complexity index is 913. The van der Waals surface area contributed by atoms with Gasteiger partial charge in [-0.25, -0.2) is 4.98 Å². The summed E-state index contributed by atoms with van der Waals surface area (Å²) in [5, 5.41) is 9.60. The number of benzene rings is 2. The van der Waals surface area contributed by atoms with Crippen LogP contribution in [0.25, 0.3) is 11.3 Å². The third-order valence-electron chi connectivity index (χ3n) is 3.53. The van der Waals surface area contributed by atoms with E-state index in [9.17, 15) is 10.1 Å². The lowest BCUT2D eigenvalue weighted by atomic mass is 10.1. The summed E-state index contributed by atoms with van der Waals surface area (Å²) in [6.45, 7) is 1.97. The number of aromatic nitrogens is 1. The lowest BCUT2D eigenvalue weighted by molar-refractivity contribution is 0.108. The fourth-order valence-electron chi connectivity index (χ4n) is 2.21. The van der Waals surface area contributed by atoms with Crippen LogP contribution in [-0.2, 0) is 0 Å². The van der Waals surface area contributed by atoms with E-state index in [1.165, 1.54) is 0 Å². The first-order chi connectivity index (χ1) is 11.7. The summed E-state index contributed by atoms with van der Waals surface area (Å²) in [7, 11) is 0. The average molecular weight is 330 g/mol. The van der Waals surface area contributed by atoms with Gasteiger partial charge in [-0.1, -0.05) is 60.2 Å². The monoisotopic (exact) mass is 330 g/mol. The third kappa shape index (κ3) is 3.53. The van der Waals surface area contributed by atoms with Crippen LogP contribution in [0.3, 0.4) is 0 Å². The molecule has 4 heteroatoms. The van der Waals surface area contributed by atoms with Crippen molar-refractivity contribution in [3.05, 3.63) is 83.4 Å². The third-order valence-corrected chi connectivity index (χ3v) is 4.45. The van der Waals surface area contributed by atoms with Gasteiger partial charge in [0.1, 0.15) is 11.1 Å². The molecule has 0 atom stereocenters. The van der Waals surface area contributed by atoms with Crippen LogP contribution in [0.15, 0.2) is 71.8 Å². The minimum Gasteiger partial charge on any atom is -0.281 e. The highest BCUT2D eigenvalue weighted by Gasteiger charge is 2.14. The Hall–Kier alpha value is -2.90. The van der Waals surface area contributed by atoms with Gasteiger partial charge in [-0.2, -0.15) is 5.26 Å². The van der Waals surface area contributed by atoms with Gasteiger partial charge >= 0.3 is 0 Å². The van der Waals surface area contributed by atoms with Crippen molar-refractivity contribution in [1.82, 2.24) is 4.98 Å². The molecule has 0 bridgehead atoms. The van der Waals surface area contributed by atoms with Gasteiger partial charge in [0, 0.05) is 11.1 Å². The Morgan fingerprint density at radius 1 is 1.00 bits per heavy atom. The van der Waals surface area contributed by atoms with E-state index < -0.39 is 0 Å². The van der Waals surface area contributed by atoms with Gasteiger partial charge in [-0.3, -0.25) is 4.79 Å². The molecule has 0 aliphatic carbocycles. The highest BCUT2D eigenvalue weighted by Crippen LogP contribution is 2.27. The molecule has 0 N–H and O–H groups in total. The molecule has 0 spiro atoms. The number of aryl methyl sites for hydroxylation is 1. The normalized spacial score (nSPS) is 10.2. The van der Waals surface area contributed by atoms with E-state index in [1.54, 1.807) is 24.3 Å². The van der Waals surface area contributed by atoms with Crippen LogP contribution in [0.1, 0.15) is 21.5 Å². The number of rotatable bonds is 3. The molecule has 3 nitrogen and oxygen atoms in total. The quantitative estimate of drug-likeness (QED) is 0.643. The maximum Gasteiger partial charge on any atom is 0.225 e. The van der Waals surface area contributed by atoms with Gasteiger partial charge in [0.25, 0.3) is 0 Å². The Labute approximate surface area is 145 Å². The van der Waals surface area contributed by atoms with E-state index in [0.29, 0.717) is 16.2 Å². The van der Waals surface area contributed by atoms with E-state index in [1.807, 2.05) is 49.4 Å². The molecule has 116 valence electrons. The van der Waals surface area contributed by atoms with Gasteiger partial charge in [0.15, 0.2) is 0 Å². The molecule has 0 fully saturated rings. The van der Waals surface area contributed by atoms with Gasteiger partial charge in [-0.05, 0) is 30.8 Å². The molecule has 0 amide bonds. The van der Waals surface area contributed by atoms with Crippen LogP contribution in [0, 0.1) is 18.3 Å². The zero-order chi connectivity index (χ0) is 16.9. The zero-order valence-electron chi connectivity index (χ0n) is 13.1. The summed E-state index contributed by atoms with van der Waals surface area (Å²) in [6.07, 6.45) is 0. The van der Waals surface area contributed by atoms with E-state index in [4.69, 9.17) is 0 Å². The van der Waals surface area contributed by atoms with E-state index in [0.717, 1.165) is 28.6 Å². The second-order valence-corrected chi connectivity index (χ2v) is 6.24. The number of carbonyl (C=O) groups excluding carboxylic acids is 1. The predicted molar refractivity (Wildman–Crippen MR) is 95.8 cm³/mol. The van der Waals surface area contributed by atoms with Crippen molar-refractivity contribution in [3.8, 4) is 17.3 Å². The lowest BCUT2D eigenvalue weighted by Gasteiger charge is -2.06. The van der Waals surface area contributed by atoms with E-state index in [-0.39, 0.29) is 5.12 Å². The average Bonchev–Trinajstić information content (AvgIpc) is 2.63. The van der Waals surface area contributed by atoms with E-state index >= 15 is 0 Å². The van der Waals surface area contributed by atoms with Gasteiger partial charge < -0.3 is 0 Å². The maximum atomic E-state index is 12.5. The molecule has 1 aromatic heterocycles. The molecule has 1 heterocycles. The lowest BCUT2D eigenvalue weighted by Crippen LogP contribution is -1.97. The predicted octanol–water partition coefficient (Wildman–Crippen LogP) is 4.86. The topological polar surface area (TPSA) is 53.8 Å². The second kappa shape index (κ2) is 7.12. The van der Waals surface area contributed by atoms with Gasteiger partial charge in [0.2, 0.25) is 5.12 Å². The molecule has 0 saturated heterocycles. The molecule has 0 radical (unpaired) electrons. The number of nitriles is 1. The fourth-order valence-corrected chi connectivity index (χ4v) is 3.01. The summed E-state index contributed by atoms with van der Waals surface area (Å²) < 4.78 is 0. The van der Waals surface area contributed by atoms with Crippen LogP contribution in [0.4, 0.5) is 0 Å². The maximum absolute atomic E-state index is 12.5. The van der Waals surface area contributed by atoms with Crippen molar-refractivity contribution in [1.29, 1.82) is 5.26 Å². The highest BCUT2D eigenvalue weighted by molar-refractivity contribution is 8.14. The molecular formula is C20H14N2OS. The Kier molecular flexibility index (Phi) is 4.74. The Balaban J connectivity index is 1.93. The number of nitrogens with zero attached hydrogens (tertiary/aromatic N) is 2. The van der Waals surface area contributed by atoms with Crippen molar-refractivity contribution < 1.29 is 4.79 Å². The van der Waals surface area contributed by atoms with Crippen molar-refractivity contribution in [2.75, 3.05) is 0 Å². The molecule has 2 aromatic carbocycles. The molecule has 0 aliphatic rings. The number of thioether (sulfide) groups is 1. The Morgan fingerprint density at radius 3 is 2.38 bits per heavy atom. The first-order valence-electron chi connectivity index (χ1n) is 7.43. The fraction of sp³-hybridized carbons (Fsp3) is 0.0500. The SMILES string of the molecule is Cc1ccc(C(=O)Sc2nc(-c3ccccc3)ccc2C#N)cc1. The molecule has 0 saturated carbocycles. The summed E-state index contributed by atoms with van der Waals surface area (Å²) in [6, 6.07) is 22.7. The molecule has 0 aliphatic heterocycles. The summed E-state index contributed by atoms with van der Waals surface area (Å²) in [4.78, 5) is 17.0. The highest BCUT2D eigenvalue weighted by atomic mass is 32.2. The number of hydrogen-bond acceptors (Lipinski definition) is 4. The number of pyridine rings is 1. The largest absolute Gasteiger partial charge is 0.281 e. The first kappa shape index (κ1) is 16.0. The zero-order valence-corrected chi connectivity index (χ0v) is 13.9. The molecule has 3 rings (SSSR count). The van der Waals surface area contributed by atoms with Gasteiger partial charge in [-0.15, -0.1) is 0 Å². The van der Waals surface area contributed by atoms with Crippen LogP contribution in [0.2, 0.25) is 0 Å². The smallest absolute Gasteiger partial charge is 0.225 e. The first-order valence-corrected chi connectivity index (χ1v) is 8.24.